The molecule has 2 aromatic rings. The Morgan fingerprint density at radius 3 is 2.55 bits per heavy atom. The Hall–Kier alpha value is -1.87. The number of fused-ring (bicyclic) bond motifs is 1. The highest BCUT2D eigenvalue weighted by atomic mass is 16.2. The lowest BCUT2D eigenvalue weighted by Gasteiger charge is -2.08. The maximum absolute atomic E-state index is 12.2. The van der Waals surface area contributed by atoms with Crippen molar-refractivity contribution in [1.29, 1.82) is 0 Å². The molecular formula is C17H21NO2. The van der Waals surface area contributed by atoms with E-state index in [1.807, 2.05) is 42.5 Å². The lowest BCUT2D eigenvalue weighted by molar-refractivity contribution is 0.0954. The Kier molecular flexibility index (Phi) is 5.56. The first kappa shape index (κ1) is 14.5. The number of amides is 1. The number of aliphatic hydroxyl groups is 1. The third kappa shape index (κ3) is 3.81. The minimum Gasteiger partial charge on any atom is -0.396 e. The first-order valence-corrected chi connectivity index (χ1v) is 7.20. The Morgan fingerprint density at radius 1 is 0.950 bits per heavy atom. The third-order valence-electron chi connectivity index (χ3n) is 3.40. The summed E-state index contributed by atoms with van der Waals surface area (Å²) in [6.45, 7) is 0.940. The van der Waals surface area contributed by atoms with Crippen LogP contribution in [0.4, 0.5) is 0 Å². The summed E-state index contributed by atoms with van der Waals surface area (Å²) >= 11 is 0. The predicted octanol–water partition coefficient (Wildman–Crippen LogP) is 3.12. The van der Waals surface area contributed by atoms with Gasteiger partial charge in [0.25, 0.3) is 5.91 Å². The fraction of sp³-hybridized carbons (Fsp3) is 0.353. The van der Waals surface area contributed by atoms with E-state index in [-0.39, 0.29) is 12.5 Å². The largest absolute Gasteiger partial charge is 0.396 e. The van der Waals surface area contributed by atoms with E-state index in [0.29, 0.717) is 6.54 Å². The zero-order chi connectivity index (χ0) is 14.2. The highest BCUT2D eigenvalue weighted by molar-refractivity contribution is 6.06. The van der Waals surface area contributed by atoms with Crippen LogP contribution in [0.5, 0.6) is 0 Å². The Balaban J connectivity index is 1.91. The van der Waals surface area contributed by atoms with Crippen molar-refractivity contribution in [2.75, 3.05) is 13.2 Å². The van der Waals surface area contributed by atoms with Crippen LogP contribution in [0.2, 0.25) is 0 Å². The number of benzene rings is 2. The van der Waals surface area contributed by atoms with Crippen molar-refractivity contribution in [3.8, 4) is 0 Å². The molecule has 0 aromatic heterocycles. The standard InChI is InChI=1S/C17H21NO2/c19-13-6-2-1-5-12-18-17(20)16-11-7-9-14-8-3-4-10-15(14)16/h3-4,7-11,19H,1-2,5-6,12-13H2,(H,18,20). The average molecular weight is 271 g/mol. The van der Waals surface area contributed by atoms with Gasteiger partial charge in [-0.1, -0.05) is 49.2 Å². The Labute approximate surface area is 119 Å². The first-order chi connectivity index (χ1) is 9.83. The summed E-state index contributed by atoms with van der Waals surface area (Å²) in [7, 11) is 0. The minimum atomic E-state index is -0.0102. The number of aliphatic hydroxyl groups excluding tert-OH is 1. The van der Waals surface area contributed by atoms with Gasteiger partial charge in [-0.2, -0.15) is 0 Å². The van der Waals surface area contributed by atoms with Gasteiger partial charge in [0.2, 0.25) is 0 Å². The van der Waals surface area contributed by atoms with Gasteiger partial charge in [-0.3, -0.25) is 4.79 Å². The van der Waals surface area contributed by atoms with Crippen molar-refractivity contribution in [3.05, 3.63) is 48.0 Å². The van der Waals surface area contributed by atoms with Crippen LogP contribution in [-0.2, 0) is 0 Å². The Morgan fingerprint density at radius 2 is 1.70 bits per heavy atom. The lowest BCUT2D eigenvalue weighted by atomic mass is 10.0. The van der Waals surface area contributed by atoms with Crippen LogP contribution in [0.3, 0.4) is 0 Å². The summed E-state index contributed by atoms with van der Waals surface area (Å²) in [4.78, 5) is 12.2. The smallest absolute Gasteiger partial charge is 0.251 e. The molecule has 0 saturated carbocycles. The first-order valence-electron chi connectivity index (χ1n) is 7.20. The summed E-state index contributed by atoms with van der Waals surface area (Å²) in [6.07, 6.45) is 3.85. The molecule has 2 N–H and O–H groups in total. The summed E-state index contributed by atoms with van der Waals surface area (Å²) < 4.78 is 0. The molecular weight excluding hydrogens is 250 g/mol. The number of unbranched alkanes of at least 4 members (excludes halogenated alkanes) is 3. The minimum absolute atomic E-state index is 0.0102. The number of nitrogens with one attached hydrogen (secondary N) is 1. The van der Waals surface area contributed by atoms with Crippen LogP contribution in [0.1, 0.15) is 36.0 Å². The molecule has 0 aliphatic carbocycles. The second kappa shape index (κ2) is 7.65. The van der Waals surface area contributed by atoms with Gasteiger partial charge in [-0.25, -0.2) is 0 Å². The van der Waals surface area contributed by atoms with Crippen LogP contribution in [0.25, 0.3) is 10.8 Å². The molecule has 20 heavy (non-hydrogen) atoms. The SMILES string of the molecule is O=C(NCCCCCCO)c1cccc2ccccc12. The molecule has 0 bridgehead atoms. The summed E-state index contributed by atoms with van der Waals surface area (Å²) in [5.74, 6) is -0.0102. The van der Waals surface area contributed by atoms with Gasteiger partial charge in [-0.05, 0) is 29.7 Å². The van der Waals surface area contributed by atoms with Crippen molar-refractivity contribution in [1.82, 2.24) is 5.32 Å². The molecule has 0 fully saturated rings. The van der Waals surface area contributed by atoms with Gasteiger partial charge >= 0.3 is 0 Å². The van der Waals surface area contributed by atoms with E-state index in [1.165, 1.54) is 0 Å². The van der Waals surface area contributed by atoms with E-state index in [2.05, 4.69) is 5.32 Å². The maximum Gasteiger partial charge on any atom is 0.251 e. The molecule has 0 aliphatic heterocycles. The molecule has 0 radical (unpaired) electrons. The van der Waals surface area contributed by atoms with E-state index < -0.39 is 0 Å². The highest BCUT2D eigenvalue weighted by Gasteiger charge is 2.08. The zero-order valence-electron chi connectivity index (χ0n) is 11.6. The molecule has 3 nitrogen and oxygen atoms in total. The summed E-state index contributed by atoms with van der Waals surface area (Å²) in [5, 5.41) is 13.7. The van der Waals surface area contributed by atoms with Crippen LogP contribution < -0.4 is 5.32 Å². The van der Waals surface area contributed by atoms with E-state index in [4.69, 9.17) is 5.11 Å². The molecule has 0 aliphatic rings. The van der Waals surface area contributed by atoms with Gasteiger partial charge in [-0.15, -0.1) is 0 Å². The predicted molar refractivity (Wildman–Crippen MR) is 81.8 cm³/mol. The van der Waals surface area contributed by atoms with Crippen molar-refractivity contribution in [2.45, 2.75) is 25.7 Å². The van der Waals surface area contributed by atoms with E-state index >= 15 is 0 Å². The van der Waals surface area contributed by atoms with Crippen molar-refractivity contribution in [2.24, 2.45) is 0 Å². The highest BCUT2D eigenvalue weighted by Crippen LogP contribution is 2.18. The van der Waals surface area contributed by atoms with Crippen LogP contribution >= 0.6 is 0 Å². The Bertz CT molecular complexity index is 560. The number of carbonyl (C=O) groups is 1. The number of hydrogen-bond acceptors (Lipinski definition) is 2. The van der Waals surface area contributed by atoms with Gasteiger partial charge < -0.3 is 10.4 Å². The number of hydrogen-bond donors (Lipinski definition) is 2. The molecule has 0 unspecified atom stereocenters. The fourth-order valence-electron chi connectivity index (χ4n) is 2.31. The molecule has 0 saturated heterocycles. The number of carbonyl (C=O) groups excluding carboxylic acids is 1. The van der Waals surface area contributed by atoms with E-state index in [9.17, 15) is 4.79 Å². The van der Waals surface area contributed by atoms with Gasteiger partial charge in [0.1, 0.15) is 0 Å². The van der Waals surface area contributed by atoms with Crippen molar-refractivity contribution < 1.29 is 9.90 Å². The molecule has 2 aromatic carbocycles. The monoisotopic (exact) mass is 271 g/mol. The maximum atomic E-state index is 12.2. The molecule has 2 rings (SSSR count). The number of rotatable bonds is 7. The van der Waals surface area contributed by atoms with Crippen LogP contribution in [0.15, 0.2) is 42.5 Å². The fourth-order valence-corrected chi connectivity index (χ4v) is 2.31. The molecule has 0 atom stereocenters. The van der Waals surface area contributed by atoms with Gasteiger partial charge in [0, 0.05) is 18.7 Å². The molecule has 3 heteroatoms. The zero-order valence-corrected chi connectivity index (χ0v) is 11.6. The second-order valence-corrected chi connectivity index (χ2v) is 4.92. The summed E-state index contributed by atoms with van der Waals surface area (Å²) in [5.41, 5.74) is 0.735. The van der Waals surface area contributed by atoms with Gasteiger partial charge in [0.15, 0.2) is 0 Å². The van der Waals surface area contributed by atoms with Crippen LogP contribution in [-0.4, -0.2) is 24.2 Å². The summed E-state index contributed by atoms with van der Waals surface area (Å²) in [6, 6.07) is 13.7. The second-order valence-electron chi connectivity index (χ2n) is 4.92. The normalized spacial score (nSPS) is 10.7. The molecule has 0 spiro atoms. The average Bonchev–Trinajstić information content (AvgIpc) is 2.50. The lowest BCUT2D eigenvalue weighted by Crippen LogP contribution is -2.24. The quantitative estimate of drug-likeness (QED) is 0.760. The van der Waals surface area contributed by atoms with Crippen molar-refractivity contribution >= 4 is 16.7 Å². The van der Waals surface area contributed by atoms with Crippen molar-refractivity contribution in [3.63, 3.8) is 0 Å². The third-order valence-corrected chi connectivity index (χ3v) is 3.40. The molecule has 106 valence electrons. The van der Waals surface area contributed by atoms with Gasteiger partial charge in [0.05, 0.1) is 0 Å². The molecule has 1 amide bonds. The van der Waals surface area contributed by atoms with E-state index in [0.717, 1.165) is 42.0 Å². The van der Waals surface area contributed by atoms with Crippen LogP contribution in [0, 0.1) is 0 Å². The van der Waals surface area contributed by atoms with E-state index in [1.54, 1.807) is 0 Å². The molecule has 0 heterocycles. The topological polar surface area (TPSA) is 49.3 Å².